The molecule has 2 heteroatoms. The number of aliphatic imine (C=N–C) groups is 1. The van der Waals surface area contributed by atoms with Crippen molar-refractivity contribution >= 4 is 6.21 Å². The van der Waals surface area contributed by atoms with Crippen LogP contribution in [0.1, 0.15) is 18.4 Å². The minimum atomic E-state index is 0.599. The molecule has 0 N–H and O–H groups in total. The van der Waals surface area contributed by atoms with E-state index in [-0.39, 0.29) is 0 Å². The second-order valence-corrected chi connectivity index (χ2v) is 3.28. The first-order chi connectivity index (χ1) is 6.38. The van der Waals surface area contributed by atoms with E-state index in [1.165, 1.54) is 12.8 Å². The molecule has 1 aliphatic rings. The number of hydrogen-bond donors (Lipinski definition) is 0. The fourth-order valence-electron chi connectivity index (χ4n) is 1.11. The van der Waals surface area contributed by atoms with E-state index in [0.717, 1.165) is 11.3 Å². The Labute approximate surface area is 78.3 Å². The van der Waals surface area contributed by atoms with Crippen LogP contribution in [0, 0.1) is 0 Å². The zero-order valence-electron chi connectivity index (χ0n) is 7.73. The smallest absolute Gasteiger partial charge is 0.118 e. The quantitative estimate of drug-likeness (QED) is 0.646. The lowest BCUT2D eigenvalue weighted by atomic mass is 10.2. The van der Waals surface area contributed by atoms with Crippen molar-refractivity contribution in [2.45, 2.75) is 18.9 Å². The highest BCUT2D eigenvalue weighted by Gasteiger charge is 2.18. The van der Waals surface area contributed by atoms with Crippen molar-refractivity contribution in [1.29, 1.82) is 0 Å². The van der Waals surface area contributed by atoms with Gasteiger partial charge in [-0.15, -0.1) is 0 Å². The monoisotopic (exact) mass is 175 g/mol. The fraction of sp³-hybridized carbons (Fsp3) is 0.364. The Morgan fingerprint density at radius 1 is 1.31 bits per heavy atom. The van der Waals surface area contributed by atoms with Crippen LogP contribution in [0.5, 0.6) is 5.75 Å². The zero-order valence-corrected chi connectivity index (χ0v) is 7.73. The number of ether oxygens (including phenoxy) is 1. The van der Waals surface area contributed by atoms with Crippen LogP contribution >= 0.6 is 0 Å². The van der Waals surface area contributed by atoms with Gasteiger partial charge in [0.25, 0.3) is 0 Å². The molecule has 2 nitrogen and oxygen atoms in total. The minimum absolute atomic E-state index is 0.599. The number of nitrogens with zero attached hydrogens (tertiary/aromatic N) is 1. The van der Waals surface area contributed by atoms with Crippen LogP contribution in [-0.4, -0.2) is 19.4 Å². The van der Waals surface area contributed by atoms with E-state index in [4.69, 9.17) is 4.74 Å². The van der Waals surface area contributed by atoms with Gasteiger partial charge in [0.15, 0.2) is 0 Å². The van der Waals surface area contributed by atoms with Crippen LogP contribution < -0.4 is 4.74 Å². The highest BCUT2D eigenvalue weighted by Crippen LogP contribution is 2.23. The Morgan fingerprint density at radius 2 is 2.00 bits per heavy atom. The van der Waals surface area contributed by atoms with Gasteiger partial charge in [0.1, 0.15) is 5.75 Å². The third-order valence-corrected chi connectivity index (χ3v) is 2.10. The molecule has 0 unspecified atom stereocenters. The van der Waals surface area contributed by atoms with Crippen LogP contribution in [0.4, 0.5) is 0 Å². The Bertz CT molecular complexity index is 298. The average Bonchev–Trinajstić information content (AvgIpc) is 2.99. The third-order valence-electron chi connectivity index (χ3n) is 2.10. The molecule has 2 rings (SSSR count). The van der Waals surface area contributed by atoms with E-state index in [1.54, 1.807) is 7.11 Å². The Morgan fingerprint density at radius 3 is 2.54 bits per heavy atom. The third kappa shape index (κ3) is 2.31. The summed E-state index contributed by atoms with van der Waals surface area (Å²) in [6.07, 6.45) is 4.45. The Balaban J connectivity index is 2.03. The Hall–Kier alpha value is -1.31. The van der Waals surface area contributed by atoms with E-state index < -0.39 is 0 Å². The van der Waals surface area contributed by atoms with Gasteiger partial charge in [-0.25, -0.2) is 0 Å². The Kier molecular flexibility index (Phi) is 2.30. The van der Waals surface area contributed by atoms with Gasteiger partial charge in [-0.3, -0.25) is 4.99 Å². The summed E-state index contributed by atoms with van der Waals surface area (Å²) in [5.41, 5.74) is 1.15. The lowest BCUT2D eigenvalue weighted by Crippen LogP contribution is -1.85. The van der Waals surface area contributed by atoms with E-state index in [2.05, 4.69) is 4.99 Å². The van der Waals surface area contributed by atoms with Gasteiger partial charge in [0.05, 0.1) is 13.2 Å². The average molecular weight is 175 g/mol. The molecular weight excluding hydrogens is 162 g/mol. The second-order valence-electron chi connectivity index (χ2n) is 3.28. The molecule has 1 fully saturated rings. The van der Waals surface area contributed by atoms with Gasteiger partial charge < -0.3 is 4.74 Å². The van der Waals surface area contributed by atoms with Crippen molar-refractivity contribution in [3.63, 3.8) is 0 Å². The number of methoxy groups -OCH3 is 1. The molecule has 0 heterocycles. The van der Waals surface area contributed by atoms with Crippen molar-refractivity contribution in [2.75, 3.05) is 7.11 Å². The highest BCUT2D eigenvalue weighted by molar-refractivity contribution is 5.80. The van der Waals surface area contributed by atoms with Crippen molar-refractivity contribution in [3.05, 3.63) is 29.8 Å². The molecule has 0 aromatic heterocycles. The first-order valence-electron chi connectivity index (χ1n) is 4.56. The van der Waals surface area contributed by atoms with Crippen LogP contribution in [0.25, 0.3) is 0 Å². The number of hydrogen-bond acceptors (Lipinski definition) is 2. The van der Waals surface area contributed by atoms with E-state index >= 15 is 0 Å². The van der Waals surface area contributed by atoms with Gasteiger partial charge >= 0.3 is 0 Å². The predicted molar refractivity (Wildman–Crippen MR) is 53.6 cm³/mol. The molecule has 1 saturated carbocycles. The molecule has 13 heavy (non-hydrogen) atoms. The van der Waals surface area contributed by atoms with Gasteiger partial charge in [-0.2, -0.15) is 0 Å². The molecule has 0 atom stereocenters. The lowest BCUT2D eigenvalue weighted by molar-refractivity contribution is 0.415. The van der Waals surface area contributed by atoms with Gasteiger partial charge in [0.2, 0.25) is 0 Å². The largest absolute Gasteiger partial charge is 0.497 e. The molecule has 68 valence electrons. The summed E-state index contributed by atoms with van der Waals surface area (Å²) in [5, 5.41) is 0. The maximum absolute atomic E-state index is 5.06. The van der Waals surface area contributed by atoms with Crippen LogP contribution in [0.2, 0.25) is 0 Å². The fourth-order valence-corrected chi connectivity index (χ4v) is 1.11. The van der Waals surface area contributed by atoms with Gasteiger partial charge in [-0.1, -0.05) is 0 Å². The maximum atomic E-state index is 5.06. The van der Waals surface area contributed by atoms with E-state index in [9.17, 15) is 0 Å². The van der Waals surface area contributed by atoms with Crippen LogP contribution in [-0.2, 0) is 0 Å². The molecule has 0 bridgehead atoms. The molecule has 1 aromatic rings. The zero-order chi connectivity index (χ0) is 9.10. The van der Waals surface area contributed by atoms with Crippen molar-refractivity contribution in [3.8, 4) is 5.75 Å². The summed E-state index contributed by atoms with van der Waals surface area (Å²) in [6.45, 7) is 0. The standard InChI is InChI=1S/C11H13NO/c1-13-11-6-2-9(3-7-11)8-12-10-4-5-10/h2-3,6-8,10H,4-5H2,1H3/b12-8-. The first-order valence-corrected chi connectivity index (χ1v) is 4.56. The van der Waals surface area contributed by atoms with Crippen molar-refractivity contribution in [1.82, 2.24) is 0 Å². The summed E-state index contributed by atoms with van der Waals surface area (Å²) in [5.74, 6) is 0.892. The summed E-state index contributed by atoms with van der Waals surface area (Å²) in [7, 11) is 1.67. The predicted octanol–water partition coefficient (Wildman–Crippen LogP) is 2.28. The molecular formula is C11H13NO. The SMILES string of the molecule is COc1ccc(/C=N\C2CC2)cc1. The topological polar surface area (TPSA) is 21.6 Å². The van der Waals surface area contributed by atoms with E-state index in [0.29, 0.717) is 6.04 Å². The molecule has 1 aliphatic carbocycles. The molecule has 0 spiro atoms. The summed E-state index contributed by atoms with van der Waals surface area (Å²) in [4.78, 5) is 4.40. The summed E-state index contributed by atoms with van der Waals surface area (Å²) < 4.78 is 5.06. The van der Waals surface area contributed by atoms with Gasteiger partial charge in [-0.05, 0) is 42.7 Å². The minimum Gasteiger partial charge on any atom is -0.497 e. The normalized spacial score (nSPS) is 16.4. The molecule has 1 aromatic carbocycles. The van der Waals surface area contributed by atoms with Crippen molar-refractivity contribution < 1.29 is 4.74 Å². The van der Waals surface area contributed by atoms with Crippen LogP contribution in [0.3, 0.4) is 0 Å². The summed E-state index contributed by atoms with van der Waals surface area (Å²) in [6, 6.07) is 8.54. The van der Waals surface area contributed by atoms with E-state index in [1.807, 2.05) is 30.5 Å². The van der Waals surface area contributed by atoms with Crippen molar-refractivity contribution in [2.24, 2.45) is 4.99 Å². The molecule has 0 amide bonds. The first kappa shape index (κ1) is 8.30. The molecule has 0 aliphatic heterocycles. The van der Waals surface area contributed by atoms with Crippen LogP contribution in [0.15, 0.2) is 29.3 Å². The summed E-state index contributed by atoms with van der Waals surface area (Å²) >= 11 is 0. The second kappa shape index (κ2) is 3.60. The highest BCUT2D eigenvalue weighted by atomic mass is 16.5. The molecule has 0 saturated heterocycles. The number of rotatable bonds is 3. The lowest BCUT2D eigenvalue weighted by Gasteiger charge is -1.98. The van der Waals surface area contributed by atoms with Gasteiger partial charge in [0, 0.05) is 6.21 Å². The molecule has 0 radical (unpaired) electrons. The maximum Gasteiger partial charge on any atom is 0.118 e. The number of benzene rings is 1.